The molecule has 2 saturated carbocycles. The van der Waals surface area contributed by atoms with Crippen LogP contribution in [0.25, 0.3) is 0 Å². The maximum atomic E-state index is 4.63. The Morgan fingerprint density at radius 2 is 1.61 bits per heavy atom. The first-order valence-electron chi connectivity index (χ1n) is 7.83. The van der Waals surface area contributed by atoms with E-state index in [1.807, 2.05) is 12.3 Å². The second-order valence-corrected chi connectivity index (χ2v) is 6.37. The predicted octanol–water partition coefficient (Wildman–Crippen LogP) is 4.94. The van der Waals surface area contributed by atoms with Crippen LogP contribution < -0.4 is 0 Å². The van der Waals surface area contributed by atoms with Gasteiger partial charge in [-0.2, -0.15) is 0 Å². The van der Waals surface area contributed by atoms with Crippen molar-refractivity contribution in [1.29, 1.82) is 0 Å². The average molecular weight is 243 g/mol. The molecule has 0 radical (unpaired) electrons. The van der Waals surface area contributed by atoms with Crippen molar-refractivity contribution in [2.24, 2.45) is 11.8 Å². The third-order valence-corrected chi connectivity index (χ3v) is 5.04. The summed E-state index contributed by atoms with van der Waals surface area (Å²) in [6.07, 6.45) is 15.0. The van der Waals surface area contributed by atoms with Crippen LogP contribution in [0.15, 0.2) is 24.4 Å². The molecular weight excluding hydrogens is 218 g/mol. The number of pyridine rings is 1. The van der Waals surface area contributed by atoms with E-state index < -0.39 is 0 Å². The molecular formula is C17H25N. The van der Waals surface area contributed by atoms with Crippen LogP contribution in [0.2, 0.25) is 0 Å². The second kappa shape index (κ2) is 5.86. The Balaban J connectivity index is 1.66. The van der Waals surface area contributed by atoms with Crippen molar-refractivity contribution in [2.75, 3.05) is 0 Å². The van der Waals surface area contributed by atoms with Gasteiger partial charge in [0.2, 0.25) is 0 Å². The lowest BCUT2D eigenvalue weighted by Gasteiger charge is -2.30. The maximum Gasteiger partial charge on any atom is 0.0434 e. The van der Waals surface area contributed by atoms with Gasteiger partial charge in [0.1, 0.15) is 0 Å². The lowest BCUT2D eigenvalue weighted by atomic mass is 9.75. The van der Waals surface area contributed by atoms with E-state index in [0.717, 1.165) is 17.8 Å². The standard InChI is InChI=1S/C17H25N/c1-2-7-14(6-1)12-16(13-15-8-5-9-15)17-10-3-4-11-18-17/h3-4,10-11,14-16H,1-2,5-9,12-13H2. The normalized spacial score (nSPS) is 22.9. The number of nitrogens with zero attached hydrogens (tertiary/aromatic N) is 1. The molecule has 0 saturated heterocycles. The molecule has 0 amide bonds. The zero-order valence-electron chi connectivity index (χ0n) is 11.4. The summed E-state index contributed by atoms with van der Waals surface area (Å²) in [5, 5.41) is 0. The number of rotatable bonds is 5. The number of hydrogen-bond donors (Lipinski definition) is 0. The highest BCUT2D eigenvalue weighted by molar-refractivity contribution is 5.10. The van der Waals surface area contributed by atoms with Crippen molar-refractivity contribution in [2.45, 2.75) is 63.7 Å². The Hall–Kier alpha value is -0.850. The summed E-state index contributed by atoms with van der Waals surface area (Å²) in [6, 6.07) is 6.45. The van der Waals surface area contributed by atoms with Gasteiger partial charge in [0.05, 0.1) is 0 Å². The van der Waals surface area contributed by atoms with E-state index >= 15 is 0 Å². The fraction of sp³-hybridized carbons (Fsp3) is 0.706. The van der Waals surface area contributed by atoms with Crippen molar-refractivity contribution in [3.8, 4) is 0 Å². The zero-order valence-corrected chi connectivity index (χ0v) is 11.4. The lowest BCUT2D eigenvalue weighted by Crippen LogP contribution is -2.17. The van der Waals surface area contributed by atoms with E-state index in [1.165, 1.54) is 63.5 Å². The summed E-state index contributed by atoms with van der Waals surface area (Å²) in [5.41, 5.74) is 1.36. The fourth-order valence-corrected chi connectivity index (χ4v) is 3.73. The highest BCUT2D eigenvalue weighted by atomic mass is 14.7. The minimum atomic E-state index is 0.736. The minimum Gasteiger partial charge on any atom is -0.261 e. The molecule has 0 aromatic carbocycles. The quantitative estimate of drug-likeness (QED) is 0.714. The number of hydrogen-bond acceptors (Lipinski definition) is 1. The number of aromatic nitrogens is 1. The highest BCUT2D eigenvalue weighted by Crippen LogP contribution is 2.40. The van der Waals surface area contributed by atoms with Gasteiger partial charge < -0.3 is 0 Å². The van der Waals surface area contributed by atoms with Crippen molar-refractivity contribution in [3.05, 3.63) is 30.1 Å². The van der Waals surface area contributed by atoms with Crippen LogP contribution in [-0.2, 0) is 0 Å². The Morgan fingerprint density at radius 3 is 2.11 bits per heavy atom. The third-order valence-electron chi connectivity index (χ3n) is 5.04. The lowest BCUT2D eigenvalue weighted by molar-refractivity contribution is 0.258. The fourth-order valence-electron chi connectivity index (χ4n) is 3.73. The van der Waals surface area contributed by atoms with Gasteiger partial charge in [-0.15, -0.1) is 0 Å². The van der Waals surface area contributed by atoms with Gasteiger partial charge >= 0.3 is 0 Å². The van der Waals surface area contributed by atoms with Crippen LogP contribution in [0.4, 0.5) is 0 Å². The molecule has 0 N–H and O–H groups in total. The molecule has 2 aliphatic rings. The van der Waals surface area contributed by atoms with E-state index in [4.69, 9.17) is 0 Å². The predicted molar refractivity (Wildman–Crippen MR) is 75.5 cm³/mol. The Morgan fingerprint density at radius 1 is 0.944 bits per heavy atom. The van der Waals surface area contributed by atoms with Crippen molar-refractivity contribution in [1.82, 2.24) is 4.98 Å². The second-order valence-electron chi connectivity index (χ2n) is 6.37. The zero-order chi connectivity index (χ0) is 12.2. The van der Waals surface area contributed by atoms with Gasteiger partial charge in [0.25, 0.3) is 0 Å². The monoisotopic (exact) mass is 243 g/mol. The molecule has 2 fully saturated rings. The van der Waals surface area contributed by atoms with Crippen LogP contribution in [0.1, 0.15) is 69.4 Å². The summed E-state index contributed by atoms with van der Waals surface area (Å²) in [4.78, 5) is 4.63. The van der Waals surface area contributed by atoms with Crippen LogP contribution in [0, 0.1) is 11.8 Å². The minimum absolute atomic E-state index is 0.736. The molecule has 18 heavy (non-hydrogen) atoms. The largest absolute Gasteiger partial charge is 0.261 e. The van der Waals surface area contributed by atoms with Gasteiger partial charge in [-0.1, -0.05) is 51.0 Å². The van der Waals surface area contributed by atoms with Crippen LogP contribution >= 0.6 is 0 Å². The van der Waals surface area contributed by atoms with Gasteiger partial charge in [0.15, 0.2) is 0 Å². The van der Waals surface area contributed by atoms with E-state index in [1.54, 1.807) is 0 Å². The molecule has 1 heteroatoms. The maximum absolute atomic E-state index is 4.63. The molecule has 1 heterocycles. The summed E-state index contributed by atoms with van der Waals surface area (Å²) in [7, 11) is 0. The Labute approximate surface area is 111 Å². The van der Waals surface area contributed by atoms with Crippen molar-refractivity contribution in [3.63, 3.8) is 0 Å². The van der Waals surface area contributed by atoms with E-state index in [-0.39, 0.29) is 0 Å². The van der Waals surface area contributed by atoms with Gasteiger partial charge in [-0.3, -0.25) is 4.98 Å². The average Bonchev–Trinajstić information content (AvgIpc) is 2.86. The smallest absolute Gasteiger partial charge is 0.0434 e. The van der Waals surface area contributed by atoms with Crippen molar-refractivity contribution < 1.29 is 0 Å². The van der Waals surface area contributed by atoms with E-state index in [0.29, 0.717) is 0 Å². The SMILES string of the molecule is c1ccc(C(CC2CCCC2)CC2CCC2)nc1. The van der Waals surface area contributed by atoms with Gasteiger partial charge in [-0.05, 0) is 36.8 Å². The molecule has 0 bridgehead atoms. The highest BCUT2D eigenvalue weighted by Gasteiger charge is 2.27. The van der Waals surface area contributed by atoms with Crippen LogP contribution in [0.5, 0.6) is 0 Å². The molecule has 1 aromatic heterocycles. The molecule has 0 spiro atoms. The van der Waals surface area contributed by atoms with Crippen LogP contribution in [0.3, 0.4) is 0 Å². The Bertz CT molecular complexity index is 349. The van der Waals surface area contributed by atoms with Crippen LogP contribution in [-0.4, -0.2) is 4.98 Å². The first-order valence-corrected chi connectivity index (χ1v) is 7.83. The van der Waals surface area contributed by atoms with Crippen molar-refractivity contribution >= 4 is 0 Å². The third kappa shape index (κ3) is 2.93. The molecule has 1 aromatic rings. The summed E-state index contributed by atoms with van der Waals surface area (Å²) in [5.74, 6) is 2.72. The first kappa shape index (κ1) is 12.2. The van der Waals surface area contributed by atoms with Gasteiger partial charge in [-0.25, -0.2) is 0 Å². The molecule has 3 rings (SSSR count). The summed E-state index contributed by atoms with van der Waals surface area (Å²) < 4.78 is 0. The molecule has 0 aliphatic heterocycles. The van der Waals surface area contributed by atoms with E-state index in [9.17, 15) is 0 Å². The molecule has 98 valence electrons. The first-order chi connectivity index (χ1) is 8.92. The van der Waals surface area contributed by atoms with Gasteiger partial charge in [0, 0.05) is 17.8 Å². The molecule has 2 aliphatic carbocycles. The van der Waals surface area contributed by atoms with E-state index in [2.05, 4.69) is 17.1 Å². The summed E-state index contributed by atoms with van der Waals surface area (Å²) >= 11 is 0. The topological polar surface area (TPSA) is 12.9 Å². The Kier molecular flexibility index (Phi) is 3.97. The molecule has 1 unspecified atom stereocenters. The molecule has 1 atom stereocenters. The summed E-state index contributed by atoms with van der Waals surface area (Å²) in [6.45, 7) is 0. The molecule has 1 nitrogen and oxygen atoms in total.